The highest BCUT2D eigenvalue weighted by molar-refractivity contribution is 5.91. The number of carboxylic acid groups (broad SMARTS) is 1. The van der Waals surface area contributed by atoms with Crippen LogP contribution in [0.5, 0.6) is 0 Å². The van der Waals surface area contributed by atoms with Crippen molar-refractivity contribution in [3.63, 3.8) is 0 Å². The summed E-state index contributed by atoms with van der Waals surface area (Å²) in [7, 11) is 0. The van der Waals surface area contributed by atoms with Gasteiger partial charge in [-0.2, -0.15) is 5.10 Å². The van der Waals surface area contributed by atoms with Gasteiger partial charge in [0.15, 0.2) is 11.5 Å². The standard InChI is InChI=1S/C12H13N5O2/c13-8-5-17(16-10(8)12(18)19)11-7-3-1-2-4-9(7)14-6-15-11/h5-6H,1-4,13H2,(H,18,19). The van der Waals surface area contributed by atoms with Gasteiger partial charge in [-0.1, -0.05) is 0 Å². The van der Waals surface area contributed by atoms with Gasteiger partial charge in [0.05, 0.1) is 11.9 Å². The molecule has 0 atom stereocenters. The number of fused-ring (bicyclic) bond motifs is 1. The van der Waals surface area contributed by atoms with Gasteiger partial charge in [0, 0.05) is 11.3 Å². The maximum absolute atomic E-state index is 11.0. The number of rotatable bonds is 2. The lowest BCUT2D eigenvalue weighted by atomic mass is 9.96. The maximum atomic E-state index is 11.0. The summed E-state index contributed by atoms with van der Waals surface area (Å²) in [6, 6.07) is 0. The van der Waals surface area contributed by atoms with Gasteiger partial charge in [0.2, 0.25) is 0 Å². The van der Waals surface area contributed by atoms with E-state index in [2.05, 4.69) is 15.1 Å². The smallest absolute Gasteiger partial charge is 0.358 e. The van der Waals surface area contributed by atoms with Gasteiger partial charge in [0.1, 0.15) is 6.33 Å². The fourth-order valence-corrected chi connectivity index (χ4v) is 2.36. The Bertz CT molecular complexity index is 650. The molecule has 1 aliphatic rings. The first-order chi connectivity index (χ1) is 9.16. The molecule has 0 bridgehead atoms. The predicted octanol–water partition coefficient (Wildman–Crippen LogP) is 0.822. The average molecular weight is 259 g/mol. The fourth-order valence-electron chi connectivity index (χ4n) is 2.36. The monoisotopic (exact) mass is 259 g/mol. The zero-order chi connectivity index (χ0) is 13.4. The number of hydrogen-bond donors (Lipinski definition) is 2. The largest absolute Gasteiger partial charge is 0.476 e. The third-order valence-electron chi connectivity index (χ3n) is 3.26. The van der Waals surface area contributed by atoms with E-state index in [1.165, 1.54) is 17.2 Å². The van der Waals surface area contributed by atoms with Crippen molar-refractivity contribution < 1.29 is 9.90 Å². The molecule has 7 nitrogen and oxygen atoms in total. The van der Waals surface area contributed by atoms with Crippen molar-refractivity contribution in [3.8, 4) is 5.82 Å². The molecule has 0 aromatic carbocycles. The number of hydrogen-bond acceptors (Lipinski definition) is 5. The van der Waals surface area contributed by atoms with Crippen LogP contribution in [0.15, 0.2) is 12.5 Å². The first kappa shape index (κ1) is 11.6. The Morgan fingerprint density at radius 2 is 2.11 bits per heavy atom. The van der Waals surface area contributed by atoms with Crippen LogP contribution in [-0.4, -0.2) is 30.8 Å². The molecule has 0 fully saturated rings. The van der Waals surface area contributed by atoms with Gasteiger partial charge in [-0.15, -0.1) is 0 Å². The third kappa shape index (κ3) is 1.92. The number of aryl methyl sites for hydroxylation is 1. The van der Waals surface area contributed by atoms with Crippen LogP contribution in [0.4, 0.5) is 5.69 Å². The Morgan fingerprint density at radius 3 is 2.84 bits per heavy atom. The van der Waals surface area contributed by atoms with Crippen LogP contribution in [0.25, 0.3) is 5.82 Å². The first-order valence-corrected chi connectivity index (χ1v) is 6.08. The minimum Gasteiger partial charge on any atom is -0.476 e. The Morgan fingerprint density at radius 1 is 1.32 bits per heavy atom. The van der Waals surface area contributed by atoms with E-state index in [9.17, 15) is 4.79 Å². The fraction of sp³-hybridized carbons (Fsp3) is 0.333. The molecule has 2 aromatic rings. The highest BCUT2D eigenvalue weighted by Gasteiger charge is 2.20. The lowest BCUT2D eigenvalue weighted by Gasteiger charge is -2.16. The summed E-state index contributed by atoms with van der Waals surface area (Å²) in [4.78, 5) is 19.5. The number of nitrogens with two attached hydrogens (primary N) is 1. The minimum absolute atomic E-state index is 0.135. The van der Waals surface area contributed by atoms with Crippen molar-refractivity contribution in [3.05, 3.63) is 29.5 Å². The zero-order valence-electron chi connectivity index (χ0n) is 10.2. The van der Waals surface area contributed by atoms with E-state index in [-0.39, 0.29) is 11.4 Å². The second-order valence-corrected chi connectivity index (χ2v) is 4.51. The summed E-state index contributed by atoms with van der Waals surface area (Å²) in [5.74, 6) is -0.511. The number of carboxylic acids is 1. The van der Waals surface area contributed by atoms with Gasteiger partial charge in [0.25, 0.3) is 0 Å². The van der Waals surface area contributed by atoms with E-state index in [1.54, 1.807) is 0 Å². The molecule has 2 heterocycles. The summed E-state index contributed by atoms with van der Waals surface area (Å²) < 4.78 is 1.44. The van der Waals surface area contributed by atoms with Crippen LogP contribution in [-0.2, 0) is 12.8 Å². The number of nitrogen functional groups attached to an aromatic ring is 1. The van der Waals surface area contributed by atoms with Crippen molar-refractivity contribution in [1.29, 1.82) is 0 Å². The molecule has 0 spiro atoms. The van der Waals surface area contributed by atoms with Crippen LogP contribution in [0.3, 0.4) is 0 Å². The van der Waals surface area contributed by atoms with Gasteiger partial charge in [-0.25, -0.2) is 19.4 Å². The topological polar surface area (TPSA) is 107 Å². The van der Waals surface area contributed by atoms with Crippen molar-refractivity contribution in [2.24, 2.45) is 0 Å². The SMILES string of the molecule is Nc1cn(-c2ncnc3c2CCCC3)nc1C(=O)O. The van der Waals surface area contributed by atoms with Crippen LogP contribution in [0.2, 0.25) is 0 Å². The predicted molar refractivity (Wildman–Crippen MR) is 67.2 cm³/mol. The Labute approximate surface area is 109 Å². The third-order valence-corrected chi connectivity index (χ3v) is 3.26. The molecular formula is C12H13N5O2. The lowest BCUT2D eigenvalue weighted by Crippen LogP contribution is -2.13. The van der Waals surface area contributed by atoms with Crippen molar-refractivity contribution in [1.82, 2.24) is 19.7 Å². The number of aromatic nitrogens is 4. The average Bonchev–Trinajstić information content (AvgIpc) is 2.80. The summed E-state index contributed by atoms with van der Waals surface area (Å²) in [5, 5.41) is 13.0. The van der Waals surface area contributed by atoms with E-state index in [0.29, 0.717) is 5.82 Å². The molecule has 3 rings (SSSR count). The lowest BCUT2D eigenvalue weighted by molar-refractivity contribution is 0.0691. The van der Waals surface area contributed by atoms with Gasteiger partial charge >= 0.3 is 5.97 Å². The second kappa shape index (κ2) is 4.34. The molecule has 0 amide bonds. The highest BCUT2D eigenvalue weighted by Crippen LogP contribution is 2.24. The van der Waals surface area contributed by atoms with E-state index in [1.807, 2.05) is 0 Å². The quantitative estimate of drug-likeness (QED) is 0.826. The van der Waals surface area contributed by atoms with Crippen LogP contribution in [0, 0.1) is 0 Å². The van der Waals surface area contributed by atoms with Gasteiger partial charge in [-0.3, -0.25) is 0 Å². The maximum Gasteiger partial charge on any atom is 0.358 e. The molecule has 3 N–H and O–H groups in total. The summed E-state index contributed by atoms with van der Waals surface area (Å²) in [5.41, 5.74) is 7.68. The van der Waals surface area contributed by atoms with E-state index in [0.717, 1.165) is 36.9 Å². The van der Waals surface area contributed by atoms with Crippen LogP contribution in [0.1, 0.15) is 34.6 Å². The molecular weight excluding hydrogens is 246 g/mol. The molecule has 0 radical (unpaired) electrons. The normalized spacial score (nSPS) is 14.1. The van der Waals surface area contributed by atoms with Crippen LogP contribution >= 0.6 is 0 Å². The molecule has 98 valence electrons. The first-order valence-electron chi connectivity index (χ1n) is 6.08. The molecule has 2 aromatic heterocycles. The molecule has 7 heteroatoms. The Hall–Kier alpha value is -2.44. The molecule has 0 saturated heterocycles. The van der Waals surface area contributed by atoms with E-state index < -0.39 is 5.97 Å². The van der Waals surface area contributed by atoms with Gasteiger partial charge in [-0.05, 0) is 25.7 Å². The number of carbonyl (C=O) groups is 1. The Balaban J connectivity index is 2.12. The van der Waals surface area contributed by atoms with E-state index >= 15 is 0 Å². The molecule has 1 aliphatic carbocycles. The minimum atomic E-state index is -1.14. The van der Waals surface area contributed by atoms with Crippen molar-refractivity contribution >= 4 is 11.7 Å². The molecule has 19 heavy (non-hydrogen) atoms. The zero-order valence-corrected chi connectivity index (χ0v) is 10.2. The number of aromatic carboxylic acids is 1. The van der Waals surface area contributed by atoms with Crippen molar-refractivity contribution in [2.45, 2.75) is 25.7 Å². The number of anilines is 1. The molecule has 0 unspecified atom stereocenters. The number of nitrogens with zero attached hydrogens (tertiary/aromatic N) is 4. The summed E-state index contributed by atoms with van der Waals surface area (Å²) in [6.45, 7) is 0. The highest BCUT2D eigenvalue weighted by atomic mass is 16.4. The second-order valence-electron chi connectivity index (χ2n) is 4.51. The van der Waals surface area contributed by atoms with E-state index in [4.69, 9.17) is 10.8 Å². The van der Waals surface area contributed by atoms with Crippen molar-refractivity contribution in [2.75, 3.05) is 5.73 Å². The van der Waals surface area contributed by atoms with Crippen LogP contribution < -0.4 is 5.73 Å². The molecule has 0 saturated carbocycles. The summed E-state index contributed by atoms with van der Waals surface area (Å²) >= 11 is 0. The Kier molecular flexibility index (Phi) is 2.66. The molecule has 0 aliphatic heterocycles. The van der Waals surface area contributed by atoms with Gasteiger partial charge < -0.3 is 10.8 Å². The summed E-state index contributed by atoms with van der Waals surface area (Å²) in [6.07, 6.45) is 6.97.